The van der Waals surface area contributed by atoms with E-state index in [4.69, 9.17) is 23.2 Å². The first-order chi connectivity index (χ1) is 9.45. The Morgan fingerprint density at radius 2 is 2.05 bits per heavy atom. The van der Waals surface area contributed by atoms with Crippen LogP contribution in [-0.4, -0.2) is 6.54 Å². The molecule has 0 aromatic heterocycles. The Hall–Kier alpha value is -0.240. The minimum atomic E-state index is 0.377. The largest absolute Gasteiger partial charge is 0.310 e. The number of halogens is 2. The molecule has 1 N–H and O–H groups in total. The van der Waals surface area contributed by atoms with Gasteiger partial charge in [0.15, 0.2) is 0 Å². The molecule has 1 aliphatic rings. The number of benzene rings is 1. The minimum Gasteiger partial charge on any atom is -0.310 e. The third-order valence-corrected chi connectivity index (χ3v) is 5.40. The van der Waals surface area contributed by atoms with Crippen molar-refractivity contribution in [2.24, 2.45) is 11.3 Å². The van der Waals surface area contributed by atoms with Crippen LogP contribution in [0.2, 0.25) is 10.0 Å². The molecule has 0 amide bonds. The molecule has 1 aromatic carbocycles. The molecule has 0 bridgehead atoms. The zero-order valence-corrected chi connectivity index (χ0v) is 14.2. The summed E-state index contributed by atoms with van der Waals surface area (Å²) < 4.78 is 0. The Balaban J connectivity index is 2.29. The van der Waals surface area contributed by atoms with Gasteiger partial charge in [0.2, 0.25) is 0 Å². The Bertz CT molecular complexity index is 456. The summed E-state index contributed by atoms with van der Waals surface area (Å²) in [6, 6.07) is 6.45. The predicted octanol–water partition coefficient (Wildman–Crippen LogP) is 5.86. The molecule has 1 saturated carbocycles. The van der Waals surface area contributed by atoms with E-state index in [9.17, 15) is 0 Å². The van der Waals surface area contributed by atoms with Gasteiger partial charge in [-0.2, -0.15) is 0 Å². The smallest absolute Gasteiger partial charge is 0.0595 e. The van der Waals surface area contributed by atoms with E-state index in [-0.39, 0.29) is 0 Å². The molecule has 0 aliphatic heterocycles. The average Bonchev–Trinajstić information content (AvgIpc) is 2.74. The van der Waals surface area contributed by atoms with E-state index >= 15 is 0 Å². The quantitative estimate of drug-likeness (QED) is 0.717. The lowest BCUT2D eigenvalue weighted by Gasteiger charge is -2.35. The van der Waals surface area contributed by atoms with Crippen LogP contribution < -0.4 is 5.32 Å². The van der Waals surface area contributed by atoms with Crippen molar-refractivity contribution in [1.82, 2.24) is 5.32 Å². The van der Waals surface area contributed by atoms with Gasteiger partial charge in [-0.1, -0.05) is 56.5 Å². The molecule has 1 aromatic rings. The van der Waals surface area contributed by atoms with Crippen LogP contribution in [0.25, 0.3) is 0 Å². The highest BCUT2D eigenvalue weighted by Gasteiger charge is 2.39. The Morgan fingerprint density at radius 3 is 2.60 bits per heavy atom. The molecule has 1 fully saturated rings. The Morgan fingerprint density at radius 1 is 1.30 bits per heavy atom. The maximum Gasteiger partial charge on any atom is 0.0595 e. The number of hydrogen-bond donors (Lipinski definition) is 1. The van der Waals surface area contributed by atoms with Crippen molar-refractivity contribution in [3.8, 4) is 0 Å². The molecule has 2 rings (SSSR count). The van der Waals surface area contributed by atoms with Crippen LogP contribution in [0.4, 0.5) is 0 Å². The van der Waals surface area contributed by atoms with E-state index in [1.807, 2.05) is 12.1 Å². The first-order valence-electron chi connectivity index (χ1n) is 7.64. The van der Waals surface area contributed by atoms with Crippen molar-refractivity contribution in [3.05, 3.63) is 33.8 Å². The van der Waals surface area contributed by atoms with Crippen molar-refractivity contribution < 1.29 is 0 Å². The number of nitrogens with one attached hydrogen (secondary N) is 1. The third-order valence-electron chi connectivity index (χ3n) is 4.66. The van der Waals surface area contributed by atoms with Crippen LogP contribution in [0.3, 0.4) is 0 Å². The molecule has 3 heteroatoms. The van der Waals surface area contributed by atoms with Crippen LogP contribution >= 0.6 is 23.2 Å². The summed E-state index contributed by atoms with van der Waals surface area (Å²) in [6.45, 7) is 8.03. The molecule has 112 valence electrons. The molecule has 2 atom stereocenters. The fraction of sp³-hybridized carbons (Fsp3) is 0.647. The van der Waals surface area contributed by atoms with E-state index in [1.54, 1.807) is 0 Å². The zero-order valence-electron chi connectivity index (χ0n) is 12.7. The van der Waals surface area contributed by atoms with Crippen molar-refractivity contribution in [2.45, 2.75) is 52.5 Å². The number of rotatable bonds is 5. The van der Waals surface area contributed by atoms with Gasteiger partial charge in [0.25, 0.3) is 0 Å². The molecule has 0 saturated heterocycles. The van der Waals surface area contributed by atoms with Crippen molar-refractivity contribution in [3.63, 3.8) is 0 Å². The lowest BCUT2D eigenvalue weighted by Crippen LogP contribution is -2.34. The van der Waals surface area contributed by atoms with Crippen molar-refractivity contribution in [2.75, 3.05) is 6.54 Å². The van der Waals surface area contributed by atoms with Crippen LogP contribution in [0.1, 0.15) is 58.1 Å². The molecule has 0 radical (unpaired) electrons. The lowest BCUT2D eigenvalue weighted by molar-refractivity contribution is 0.198. The highest BCUT2D eigenvalue weighted by molar-refractivity contribution is 6.42. The Labute approximate surface area is 133 Å². The summed E-state index contributed by atoms with van der Waals surface area (Å²) in [4.78, 5) is 0. The topological polar surface area (TPSA) is 12.0 Å². The van der Waals surface area contributed by atoms with Gasteiger partial charge in [-0.3, -0.25) is 0 Å². The standard InChI is InChI=1S/C17H25Cl2N/c1-4-10-20-16(13-6-5-9-17(13,2)3)12-7-8-14(18)15(19)11-12/h7-8,11,13,16,20H,4-6,9-10H2,1-3H3. The van der Waals surface area contributed by atoms with E-state index in [0.717, 1.165) is 13.0 Å². The number of hydrogen-bond acceptors (Lipinski definition) is 1. The lowest BCUT2D eigenvalue weighted by atomic mass is 9.75. The Kier molecular flexibility index (Phi) is 5.39. The zero-order chi connectivity index (χ0) is 14.8. The summed E-state index contributed by atoms with van der Waals surface area (Å²) >= 11 is 12.3. The van der Waals surface area contributed by atoms with E-state index in [0.29, 0.717) is 27.4 Å². The summed E-state index contributed by atoms with van der Waals surface area (Å²) in [5.74, 6) is 0.659. The van der Waals surface area contributed by atoms with Gasteiger partial charge in [0.05, 0.1) is 10.0 Å². The molecular formula is C17H25Cl2N. The molecule has 1 nitrogen and oxygen atoms in total. The first-order valence-corrected chi connectivity index (χ1v) is 8.39. The maximum absolute atomic E-state index is 6.21. The first kappa shape index (κ1) is 16.1. The summed E-state index contributed by atoms with van der Waals surface area (Å²) in [6.07, 6.45) is 5.06. The van der Waals surface area contributed by atoms with Gasteiger partial charge >= 0.3 is 0 Å². The predicted molar refractivity (Wildman–Crippen MR) is 88.6 cm³/mol. The van der Waals surface area contributed by atoms with Gasteiger partial charge in [0, 0.05) is 6.04 Å². The summed E-state index contributed by atoms with van der Waals surface area (Å²) in [5.41, 5.74) is 1.66. The molecule has 1 aliphatic carbocycles. The molecule has 0 spiro atoms. The van der Waals surface area contributed by atoms with Gasteiger partial charge < -0.3 is 5.32 Å². The summed E-state index contributed by atoms with van der Waals surface area (Å²) in [7, 11) is 0. The second-order valence-corrected chi connectivity index (χ2v) is 7.41. The highest BCUT2D eigenvalue weighted by Crippen LogP contribution is 2.49. The normalized spacial score (nSPS) is 22.9. The average molecular weight is 314 g/mol. The second-order valence-electron chi connectivity index (χ2n) is 6.59. The van der Waals surface area contributed by atoms with Crippen molar-refractivity contribution in [1.29, 1.82) is 0 Å². The fourth-order valence-electron chi connectivity index (χ4n) is 3.47. The van der Waals surface area contributed by atoms with Crippen LogP contribution in [0.5, 0.6) is 0 Å². The fourth-order valence-corrected chi connectivity index (χ4v) is 3.78. The molecule has 2 unspecified atom stereocenters. The van der Waals surface area contributed by atoms with Gasteiger partial charge in [-0.25, -0.2) is 0 Å². The molecule has 0 heterocycles. The SMILES string of the molecule is CCCNC(c1ccc(Cl)c(Cl)c1)C1CCCC1(C)C. The highest BCUT2D eigenvalue weighted by atomic mass is 35.5. The second kappa shape index (κ2) is 6.68. The van der Waals surface area contributed by atoms with E-state index < -0.39 is 0 Å². The molecular weight excluding hydrogens is 289 g/mol. The maximum atomic E-state index is 6.21. The van der Waals surface area contributed by atoms with Crippen LogP contribution in [-0.2, 0) is 0 Å². The minimum absolute atomic E-state index is 0.377. The van der Waals surface area contributed by atoms with Gasteiger partial charge in [-0.05, 0) is 54.8 Å². The van der Waals surface area contributed by atoms with Crippen LogP contribution in [0, 0.1) is 11.3 Å². The van der Waals surface area contributed by atoms with E-state index in [1.165, 1.54) is 24.8 Å². The van der Waals surface area contributed by atoms with Crippen molar-refractivity contribution >= 4 is 23.2 Å². The monoisotopic (exact) mass is 313 g/mol. The van der Waals surface area contributed by atoms with Gasteiger partial charge in [0.1, 0.15) is 0 Å². The van der Waals surface area contributed by atoms with E-state index in [2.05, 4.69) is 32.2 Å². The van der Waals surface area contributed by atoms with Crippen LogP contribution in [0.15, 0.2) is 18.2 Å². The van der Waals surface area contributed by atoms with Gasteiger partial charge in [-0.15, -0.1) is 0 Å². The molecule has 20 heavy (non-hydrogen) atoms. The summed E-state index contributed by atoms with van der Waals surface area (Å²) in [5, 5.41) is 5.02. The third kappa shape index (κ3) is 3.50.